The molecule has 4 nitrogen and oxygen atoms in total. The molecule has 0 bridgehead atoms. The van der Waals surface area contributed by atoms with Crippen LogP contribution in [0.2, 0.25) is 0 Å². The Morgan fingerprint density at radius 2 is 2.07 bits per heavy atom. The number of hydrogen-bond acceptors (Lipinski definition) is 4. The molecule has 15 heavy (non-hydrogen) atoms. The zero-order chi connectivity index (χ0) is 10.7. The Kier molecular flexibility index (Phi) is 2.42. The van der Waals surface area contributed by atoms with Crippen molar-refractivity contribution in [1.82, 2.24) is 10.1 Å². The number of benzene rings is 1. The fraction of sp³-hybridized carbons (Fsp3) is 0.100. The average Bonchev–Trinajstić information content (AvgIpc) is 2.68. The van der Waals surface area contributed by atoms with Gasteiger partial charge >= 0.3 is 0 Å². The van der Waals surface area contributed by atoms with Gasteiger partial charge < -0.3 is 4.52 Å². The van der Waals surface area contributed by atoms with Crippen molar-refractivity contribution < 1.29 is 8.91 Å². The average molecular weight is 203 g/mol. The van der Waals surface area contributed by atoms with Gasteiger partial charge in [-0.25, -0.2) is 4.39 Å². The van der Waals surface area contributed by atoms with E-state index in [-0.39, 0.29) is 18.1 Å². The van der Waals surface area contributed by atoms with E-state index in [1.165, 1.54) is 12.1 Å². The van der Waals surface area contributed by atoms with Crippen LogP contribution in [0.3, 0.4) is 0 Å². The van der Waals surface area contributed by atoms with Crippen molar-refractivity contribution in [1.29, 1.82) is 5.26 Å². The third kappa shape index (κ3) is 1.99. The molecule has 0 radical (unpaired) electrons. The SMILES string of the molecule is N#CCc1nc(-c2ccc(F)cc2)no1. The molecule has 0 atom stereocenters. The molecule has 0 amide bonds. The van der Waals surface area contributed by atoms with E-state index in [0.29, 0.717) is 11.4 Å². The summed E-state index contributed by atoms with van der Waals surface area (Å²) in [5, 5.41) is 12.1. The van der Waals surface area contributed by atoms with Crippen molar-refractivity contribution in [3.8, 4) is 17.5 Å². The van der Waals surface area contributed by atoms with Gasteiger partial charge in [0, 0.05) is 5.56 Å². The van der Waals surface area contributed by atoms with Crippen molar-refractivity contribution in [2.45, 2.75) is 6.42 Å². The van der Waals surface area contributed by atoms with Gasteiger partial charge in [0.2, 0.25) is 11.7 Å². The van der Waals surface area contributed by atoms with Gasteiger partial charge in [0.25, 0.3) is 0 Å². The van der Waals surface area contributed by atoms with Crippen LogP contribution in [0.4, 0.5) is 4.39 Å². The van der Waals surface area contributed by atoms with E-state index in [0.717, 1.165) is 0 Å². The second-order valence-corrected chi connectivity index (χ2v) is 2.85. The number of rotatable bonds is 2. The van der Waals surface area contributed by atoms with Gasteiger partial charge in [-0.3, -0.25) is 0 Å². The molecule has 0 saturated carbocycles. The van der Waals surface area contributed by atoms with Crippen molar-refractivity contribution in [2.24, 2.45) is 0 Å². The summed E-state index contributed by atoms with van der Waals surface area (Å²) in [5.74, 6) is 0.302. The fourth-order valence-corrected chi connectivity index (χ4v) is 1.11. The maximum atomic E-state index is 12.6. The minimum Gasteiger partial charge on any atom is -0.338 e. The van der Waals surface area contributed by atoms with E-state index >= 15 is 0 Å². The Hall–Kier alpha value is -2.22. The summed E-state index contributed by atoms with van der Waals surface area (Å²) in [5.41, 5.74) is 0.657. The van der Waals surface area contributed by atoms with Gasteiger partial charge in [0.15, 0.2) is 0 Å². The Morgan fingerprint density at radius 1 is 1.33 bits per heavy atom. The highest BCUT2D eigenvalue weighted by atomic mass is 19.1. The van der Waals surface area contributed by atoms with Crippen LogP contribution in [-0.2, 0) is 6.42 Å². The normalized spacial score (nSPS) is 9.87. The molecule has 2 rings (SSSR count). The summed E-state index contributed by atoms with van der Waals surface area (Å²) >= 11 is 0. The van der Waals surface area contributed by atoms with Crippen molar-refractivity contribution in [3.05, 3.63) is 36.0 Å². The second-order valence-electron chi connectivity index (χ2n) is 2.85. The molecular formula is C10H6FN3O. The molecule has 0 unspecified atom stereocenters. The largest absolute Gasteiger partial charge is 0.338 e. The molecule has 1 heterocycles. The van der Waals surface area contributed by atoms with Gasteiger partial charge in [-0.2, -0.15) is 10.2 Å². The number of nitrogens with zero attached hydrogens (tertiary/aromatic N) is 3. The molecule has 1 aromatic carbocycles. The first kappa shape index (κ1) is 9.34. The summed E-state index contributed by atoms with van der Waals surface area (Å²) in [6.45, 7) is 0. The van der Waals surface area contributed by atoms with E-state index in [9.17, 15) is 4.39 Å². The standard InChI is InChI=1S/C10H6FN3O/c11-8-3-1-7(2-4-8)10-13-9(5-6-12)15-14-10/h1-4H,5H2. The number of halogens is 1. The zero-order valence-corrected chi connectivity index (χ0v) is 7.64. The summed E-state index contributed by atoms with van der Waals surface area (Å²) in [4.78, 5) is 3.98. The lowest BCUT2D eigenvalue weighted by molar-refractivity contribution is 0.388. The number of hydrogen-bond donors (Lipinski definition) is 0. The third-order valence-corrected chi connectivity index (χ3v) is 1.80. The van der Waals surface area contributed by atoms with Crippen LogP contribution in [-0.4, -0.2) is 10.1 Å². The molecule has 0 aliphatic rings. The third-order valence-electron chi connectivity index (χ3n) is 1.80. The number of nitriles is 1. The minimum absolute atomic E-state index is 0.0776. The second kappa shape index (κ2) is 3.88. The van der Waals surface area contributed by atoms with E-state index in [1.807, 2.05) is 6.07 Å². The zero-order valence-electron chi connectivity index (χ0n) is 7.64. The highest BCUT2D eigenvalue weighted by molar-refractivity contribution is 5.53. The lowest BCUT2D eigenvalue weighted by atomic mass is 10.2. The molecule has 1 aromatic heterocycles. The molecule has 0 N–H and O–H groups in total. The Balaban J connectivity index is 2.30. The minimum atomic E-state index is -0.320. The highest BCUT2D eigenvalue weighted by Crippen LogP contribution is 2.15. The molecule has 0 spiro atoms. The topological polar surface area (TPSA) is 62.7 Å². The van der Waals surface area contributed by atoms with Crippen molar-refractivity contribution >= 4 is 0 Å². The Morgan fingerprint density at radius 3 is 2.73 bits per heavy atom. The smallest absolute Gasteiger partial charge is 0.241 e. The maximum absolute atomic E-state index is 12.6. The highest BCUT2D eigenvalue weighted by Gasteiger charge is 2.07. The van der Waals surface area contributed by atoms with Gasteiger partial charge in [-0.05, 0) is 24.3 Å². The van der Waals surface area contributed by atoms with Gasteiger partial charge in [0.05, 0.1) is 6.07 Å². The predicted octanol–water partition coefficient (Wildman–Crippen LogP) is 1.94. The van der Waals surface area contributed by atoms with Crippen LogP contribution in [0.1, 0.15) is 5.89 Å². The maximum Gasteiger partial charge on any atom is 0.241 e. The first-order valence-electron chi connectivity index (χ1n) is 4.25. The van der Waals surface area contributed by atoms with Crippen molar-refractivity contribution in [3.63, 3.8) is 0 Å². The van der Waals surface area contributed by atoms with E-state index in [4.69, 9.17) is 9.78 Å². The lowest BCUT2D eigenvalue weighted by Gasteiger charge is -1.92. The van der Waals surface area contributed by atoms with Gasteiger partial charge in [-0.1, -0.05) is 5.16 Å². The summed E-state index contributed by atoms with van der Waals surface area (Å²) in [6, 6.07) is 7.64. The van der Waals surface area contributed by atoms with Crippen LogP contribution in [0.25, 0.3) is 11.4 Å². The fourth-order valence-electron chi connectivity index (χ4n) is 1.11. The van der Waals surface area contributed by atoms with Crippen molar-refractivity contribution in [2.75, 3.05) is 0 Å². The molecule has 0 aliphatic heterocycles. The van der Waals surface area contributed by atoms with Gasteiger partial charge in [-0.15, -0.1) is 0 Å². The van der Waals surface area contributed by atoms with E-state index in [1.54, 1.807) is 12.1 Å². The van der Waals surface area contributed by atoms with E-state index in [2.05, 4.69) is 10.1 Å². The quantitative estimate of drug-likeness (QED) is 0.748. The van der Waals surface area contributed by atoms with Crippen LogP contribution in [0.5, 0.6) is 0 Å². The first-order chi connectivity index (χ1) is 7.29. The number of aromatic nitrogens is 2. The summed E-state index contributed by atoms with van der Waals surface area (Å²) in [7, 11) is 0. The summed E-state index contributed by atoms with van der Waals surface area (Å²) < 4.78 is 17.4. The Bertz CT molecular complexity index is 498. The molecule has 5 heteroatoms. The molecule has 0 saturated heterocycles. The molecule has 74 valence electrons. The monoisotopic (exact) mass is 203 g/mol. The van der Waals surface area contributed by atoms with E-state index < -0.39 is 0 Å². The van der Waals surface area contributed by atoms with Crippen LogP contribution in [0.15, 0.2) is 28.8 Å². The van der Waals surface area contributed by atoms with Crippen LogP contribution >= 0.6 is 0 Å². The molecule has 2 aromatic rings. The van der Waals surface area contributed by atoms with Gasteiger partial charge in [0.1, 0.15) is 12.2 Å². The first-order valence-corrected chi connectivity index (χ1v) is 4.25. The summed E-state index contributed by atoms with van der Waals surface area (Å²) in [6.07, 6.45) is 0.0776. The lowest BCUT2D eigenvalue weighted by Crippen LogP contribution is -1.83. The molecular weight excluding hydrogens is 197 g/mol. The van der Waals surface area contributed by atoms with Crippen LogP contribution < -0.4 is 0 Å². The molecule has 0 fully saturated rings. The Labute approximate surface area is 85.0 Å². The molecule has 0 aliphatic carbocycles. The van der Waals surface area contributed by atoms with Crippen LogP contribution in [0, 0.1) is 17.1 Å². The predicted molar refractivity (Wildman–Crippen MR) is 49.0 cm³/mol.